The van der Waals surface area contributed by atoms with Crippen molar-refractivity contribution in [1.82, 2.24) is 10.5 Å². The molecule has 0 radical (unpaired) electrons. The van der Waals surface area contributed by atoms with Crippen molar-refractivity contribution in [1.29, 1.82) is 0 Å². The Kier molecular flexibility index (Phi) is 3.45. The van der Waals surface area contributed by atoms with Crippen molar-refractivity contribution in [2.24, 2.45) is 5.92 Å². The molecule has 1 atom stereocenters. The van der Waals surface area contributed by atoms with Crippen LogP contribution in [0.2, 0.25) is 5.02 Å². The van der Waals surface area contributed by atoms with Gasteiger partial charge in [-0.05, 0) is 37.0 Å². The van der Waals surface area contributed by atoms with Crippen LogP contribution in [0.5, 0.6) is 0 Å². The van der Waals surface area contributed by atoms with E-state index in [0.29, 0.717) is 11.4 Å². The van der Waals surface area contributed by atoms with Crippen LogP contribution in [0.1, 0.15) is 24.1 Å². The first-order chi connectivity index (χ1) is 8.11. The molecule has 0 bridgehead atoms. The highest BCUT2D eigenvalue weighted by Crippen LogP contribution is 2.32. The van der Waals surface area contributed by atoms with Crippen LogP contribution >= 0.6 is 11.6 Å². The molecule has 0 aliphatic heterocycles. The van der Waals surface area contributed by atoms with E-state index in [0.717, 1.165) is 23.3 Å². The third-order valence-corrected chi connectivity index (χ3v) is 3.35. The van der Waals surface area contributed by atoms with Crippen LogP contribution in [-0.4, -0.2) is 16.1 Å². The number of allylic oxidation sites excluding steroid dienone is 1. The molecule has 1 aromatic heterocycles. The van der Waals surface area contributed by atoms with E-state index in [4.69, 9.17) is 16.8 Å². The van der Waals surface area contributed by atoms with E-state index >= 15 is 0 Å². The number of hydrogen-bond donors (Lipinski definition) is 2. The molecule has 2 N–H and O–H groups in total. The van der Waals surface area contributed by atoms with Gasteiger partial charge in [0, 0.05) is 6.20 Å². The van der Waals surface area contributed by atoms with E-state index in [2.05, 4.69) is 4.98 Å². The lowest BCUT2D eigenvalue weighted by Crippen LogP contribution is -2.25. The largest absolute Gasteiger partial charge is 0.289 e. The minimum atomic E-state index is -0.369. The fourth-order valence-electron chi connectivity index (χ4n) is 1.93. The second-order valence-corrected chi connectivity index (χ2v) is 4.51. The highest BCUT2D eigenvalue weighted by atomic mass is 35.5. The third kappa shape index (κ3) is 2.48. The van der Waals surface area contributed by atoms with Crippen LogP contribution in [0.3, 0.4) is 0 Å². The standard InChI is InChI=1S/C12H13ClN2O2/c1-7-11(13)5-10(6-14-7)8-2-3-9(4-8)12(16)15-17/h4-6,9,17H,2-3H2,1H3,(H,15,16). The van der Waals surface area contributed by atoms with Crippen molar-refractivity contribution >= 4 is 23.1 Å². The second-order valence-electron chi connectivity index (χ2n) is 4.10. The maximum atomic E-state index is 11.3. The van der Waals surface area contributed by atoms with Gasteiger partial charge < -0.3 is 0 Å². The van der Waals surface area contributed by atoms with Gasteiger partial charge in [0.05, 0.1) is 16.6 Å². The molecule has 0 saturated carbocycles. The normalized spacial score (nSPS) is 19.0. The van der Waals surface area contributed by atoms with Crippen molar-refractivity contribution in [2.45, 2.75) is 19.8 Å². The van der Waals surface area contributed by atoms with Crippen LogP contribution in [-0.2, 0) is 4.79 Å². The van der Waals surface area contributed by atoms with Crippen molar-refractivity contribution < 1.29 is 10.0 Å². The summed E-state index contributed by atoms with van der Waals surface area (Å²) < 4.78 is 0. The van der Waals surface area contributed by atoms with E-state index in [9.17, 15) is 4.79 Å². The quantitative estimate of drug-likeness (QED) is 0.627. The maximum Gasteiger partial charge on any atom is 0.250 e. The Labute approximate surface area is 104 Å². The van der Waals surface area contributed by atoms with Crippen LogP contribution < -0.4 is 5.48 Å². The molecule has 1 aromatic rings. The number of aryl methyl sites for hydroxylation is 1. The number of hydrogen-bond acceptors (Lipinski definition) is 3. The number of amides is 1. The zero-order chi connectivity index (χ0) is 12.4. The zero-order valence-electron chi connectivity index (χ0n) is 9.40. The molecule has 0 fully saturated rings. The Morgan fingerprint density at radius 2 is 2.41 bits per heavy atom. The average molecular weight is 253 g/mol. The molecule has 1 unspecified atom stereocenters. The van der Waals surface area contributed by atoms with Gasteiger partial charge in [-0.25, -0.2) is 5.48 Å². The van der Waals surface area contributed by atoms with E-state index in [1.165, 1.54) is 0 Å². The lowest BCUT2D eigenvalue weighted by Gasteiger charge is -2.03. The molecule has 0 aromatic carbocycles. The summed E-state index contributed by atoms with van der Waals surface area (Å²) in [5, 5.41) is 9.19. The van der Waals surface area contributed by atoms with Gasteiger partial charge in [-0.2, -0.15) is 0 Å². The summed E-state index contributed by atoms with van der Waals surface area (Å²) in [6.07, 6.45) is 5.10. The molecule has 5 heteroatoms. The SMILES string of the molecule is Cc1ncc(C2=CC(C(=O)NO)CC2)cc1Cl. The van der Waals surface area contributed by atoms with Gasteiger partial charge >= 0.3 is 0 Å². The molecular weight excluding hydrogens is 240 g/mol. The summed E-state index contributed by atoms with van der Waals surface area (Å²) >= 11 is 6.01. The van der Waals surface area contributed by atoms with E-state index in [1.807, 2.05) is 19.1 Å². The Morgan fingerprint density at radius 3 is 3.06 bits per heavy atom. The van der Waals surface area contributed by atoms with Crippen molar-refractivity contribution in [2.75, 3.05) is 0 Å². The van der Waals surface area contributed by atoms with Crippen molar-refractivity contribution in [3.05, 3.63) is 34.6 Å². The van der Waals surface area contributed by atoms with Crippen molar-refractivity contribution in [3.8, 4) is 0 Å². The minimum absolute atomic E-state index is 0.268. The minimum Gasteiger partial charge on any atom is -0.289 e. The highest BCUT2D eigenvalue weighted by Gasteiger charge is 2.23. The number of aromatic nitrogens is 1. The number of pyridine rings is 1. The summed E-state index contributed by atoms with van der Waals surface area (Å²) in [7, 11) is 0. The molecular formula is C12H13ClN2O2. The first-order valence-corrected chi connectivity index (χ1v) is 5.76. The molecule has 90 valence electrons. The van der Waals surface area contributed by atoms with Gasteiger partial charge in [-0.1, -0.05) is 17.7 Å². The summed E-state index contributed by atoms with van der Waals surface area (Å²) in [6, 6.07) is 1.86. The Balaban J connectivity index is 2.24. The molecule has 1 aliphatic carbocycles. The van der Waals surface area contributed by atoms with Gasteiger partial charge in [0.25, 0.3) is 0 Å². The molecule has 17 heavy (non-hydrogen) atoms. The number of carbonyl (C=O) groups is 1. The summed E-state index contributed by atoms with van der Waals surface area (Å²) in [4.78, 5) is 15.5. The Hall–Kier alpha value is -1.39. The van der Waals surface area contributed by atoms with Gasteiger partial charge in [-0.3, -0.25) is 15.0 Å². The summed E-state index contributed by atoms with van der Waals surface area (Å²) in [5.41, 5.74) is 4.45. The summed E-state index contributed by atoms with van der Waals surface area (Å²) in [5.74, 6) is -0.638. The Bertz CT molecular complexity index is 485. The van der Waals surface area contributed by atoms with Gasteiger partial charge in [-0.15, -0.1) is 0 Å². The first-order valence-electron chi connectivity index (χ1n) is 5.39. The highest BCUT2D eigenvalue weighted by molar-refractivity contribution is 6.31. The predicted octanol–water partition coefficient (Wildman–Crippen LogP) is 2.34. The van der Waals surface area contributed by atoms with Gasteiger partial charge in [0.2, 0.25) is 5.91 Å². The first kappa shape index (κ1) is 12.1. The number of nitrogens with zero attached hydrogens (tertiary/aromatic N) is 1. The summed E-state index contributed by atoms with van der Waals surface area (Å²) in [6.45, 7) is 1.84. The smallest absolute Gasteiger partial charge is 0.250 e. The number of nitrogens with one attached hydrogen (secondary N) is 1. The third-order valence-electron chi connectivity index (χ3n) is 2.97. The van der Waals surface area contributed by atoms with Gasteiger partial charge in [0.1, 0.15) is 0 Å². The second kappa shape index (κ2) is 4.85. The van der Waals surface area contributed by atoms with Crippen LogP contribution in [0.4, 0.5) is 0 Å². The molecule has 0 saturated heterocycles. The molecule has 4 nitrogen and oxygen atoms in total. The number of halogens is 1. The number of hydroxylamine groups is 1. The molecule has 1 amide bonds. The average Bonchev–Trinajstić information content (AvgIpc) is 2.81. The Morgan fingerprint density at radius 1 is 1.65 bits per heavy atom. The zero-order valence-corrected chi connectivity index (χ0v) is 10.2. The van der Waals surface area contributed by atoms with E-state index in [1.54, 1.807) is 11.7 Å². The lowest BCUT2D eigenvalue weighted by atomic mass is 10.1. The van der Waals surface area contributed by atoms with Crippen molar-refractivity contribution in [3.63, 3.8) is 0 Å². The fraction of sp³-hybridized carbons (Fsp3) is 0.333. The molecule has 1 heterocycles. The topological polar surface area (TPSA) is 62.2 Å². The van der Waals surface area contributed by atoms with E-state index in [-0.39, 0.29) is 11.8 Å². The maximum absolute atomic E-state index is 11.3. The predicted molar refractivity (Wildman–Crippen MR) is 64.6 cm³/mol. The fourth-order valence-corrected chi connectivity index (χ4v) is 2.10. The lowest BCUT2D eigenvalue weighted by molar-refractivity contribution is -0.131. The van der Waals surface area contributed by atoms with Crippen LogP contribution in [0.15, 0.2) is 18.3 Å². The van der Waals surface area contributed by atoms with Crippen LogP contribution in [0.25, 0.3) is 5.57 Å². The number of carbonyl (C=O) groups excluding carboxylic acids is 1. The molecule has 2 rings (SSSR count). The monoisotopic (exact) mass is 252 g/mol. The van der Waals surface area contributed by atoms with Gasteiger partial charge in [0.15, 0.2) is 0 Å². The van der Waals surface area contributed by atoms with Crippen LogP contribution in [0, 0.1) is 12.8 Å². The number of rotatable bonds is 2. The van der Waals surface area contributed by atoms with E-state index < -0.39 is 0 Å². The molecule has 0 spiro atoms. The molecule has 1 aliphatic rings.